The zero-order valence-corrected chi connectivity index (χ0v) is 20.0. The molecule has 1 fully saturated rings. The molecule has 5 nitrogen and oxygen atoms in total. The monoisotopic (exact) mass is 485 g/mol. The van der Waals surface area contributed by atoms with Crippen molar-refractivity contribution < 1.29 is 0 Å². The van der Waals surface area contributed by atoms with E-state index in [4.69, 9.17) is 33.9 Å². The molecule has 2 N–H and O–H groups in total. The predicted octanol–water partition coefficient (Wildman–Crippen LogP) is 6.57. The lowest BCUT2D eigenvalue weighted by Crippen LogP contribution is -2.27. The summed E-state index contributed by atoms with van der Waals surface area (Å²) >= 11 is 13.5. The Hall–Kier alpha value is -2.15. The maximum absolute atomic E-state index is 6.45. The second kappa shape index (κ2) is 9.38. The van der Waals surface area contributed by atoms with Crippen LogP contribution < -0.4 is 10.0 Å². The lowest BCUT2D eigenvalue weighted by molar-refractivity contribution is 0.418. The van der Waals surface area contributed by atoms with Crippen molar-refractivity contribution in [2.24, 2.45) is 10.1 Å². The third-order valence-corrected chi connectivity index (χ3v) is 7.44. The quantitative estimate of drug-likeness (QED) is 0.414. The van der Waals surface area contributed by atoms with Crippen molar-refractivity contribution in [3.63, 3.8) is 0 Å². The average Bonchev–Trinajstić information content (AvgIpc) is 3.19. The Bertz CT molecular complexity index is 1120. The van der Waals surface area contributed by atoms with Crippen LogP contribution in [-0.4, -0.2) is 15.4 Å². The third-order valence-electron chi connectivity index (χ3n) is 6.16. The van der Waals surface area contributed by atoms with Crippen LogP contribution in [0, 0.1) is 0 Å². The fourth-order valence-electron chi connectivity index (χ4n) is 4.52. The number of hydrogen-bond donors (Lipinski definition) is 1. The van der Waals surface area contributed by atoms with E-state index in [0.717, 1.165) is 45.8 Å². The van der Waals surface area contributed by atoms with Gasteiger partial charge in [0.15, 0.2) is 11.7 Å². The molecule has 2 heterocycles. The van der Waals surface area contributed by atoms with Gasteiger partial charge in [-0.15, -0.1) is 0 Å². The van der Waals surface area contributed by atoms with Crippen molar-refractivity contribution in [3.8, 4) is 0 Å². The van der Waals surface area contributed by atoms with Gasteiger partial charge < -0.3 is 10.3 Å². The van der Waals surface area contributed by atoms with E-state index in [2.05, 4.69) is 25.4 Å². The van der Waals surface area contributed by atoms with Gasteiger partial charge in [-0.2, -0.15) is 4.40 Å². The normalized spacial score (nSPS) is 16.7. The molecule has 1 aliphatic heterocycles. The summed E-state index contributed by atoms with van der Waals surface area (Å²) in [4.78, 5) is 5.19. The first kappa shape index (κ1) is 21.7. The molecule has 1 aliphatic carbocycles. The Morgan fingerprint density at radius 2 is 1.47 bits per heavy atom. The Labute approximate surface area is 202 Å². The van der Waals surface area contributed by atoms with Crippen molar-refractivity contribution in [2.75, 3.05) is 4.31 Å². The van der Waals surface area contributed by atoms with Gasteiger partial charge in [-0.1, -0.05) is 66.7 Å². The molecular weight excluding hydrogens is 461 g/mol. The SMILES string of the molecule is NC1=NSN(Cc2ccc(Cl)cc2)c2nc(C3CCCCC3)n(Cc3ccc(Cl)cc3)c21. The van der Waals surface area contributed by atoms with Gasteiger partial charge in [-0.3, -0.25) is 4.31 Å². The number of amidine groups is 1. The number of benzene rings is 2. The zero-order chi connectivity index (χ0) is 22.1. The van der Waals surface area contributed by atoms with E-state index in [1.165, 1.54) is 37.0 Å². The first-order valence-corrected chi connectivity index (χ1v) is 12.4. The molecule has 8 heteroatoms. The van der Waals surface area contributed by atoms with E-state index >= 15 is 0 Å². The number of nitrogens with two attached hydrogens (primary N) is 1. The van der Waals surface area contributed by atoms with E-state index in [1.54, 1.807) is 0 Å². The van der Waals surface area contributed by atoms with E-state index in [0.29, 0.717) is 24.8 Å². The van der Waals surface area contributed by atoms with Crippen molar-refractivity contribution in [2.45, 2.75) is 51.1 Å². The maximum Gasteiger partial charge on any atom is 0.170 e. The van der Waals surface area contributed by atoms with Gasteiger partial charge in [-0.05, 0) is 48.2 Å². The van der Waals surface area contributed by atoms with Crippen LogP contribution >= 0.6 is 35.3 Å². The second-order valence-electron chi connectivity index (χ2n) is 8.41. The van der Waals surface area contributed by atoms with Crippen LogP contribution in [0.1, 0.15) is 60.7 Å². The van der Waals surface area contributed by atoms with E-state index in [1.807, 2.05) is 36.4 Å². The molecule has 2 aromatic carbocycles. The summed E-state index contributed by atoms with van der Waals surface area (Å²) in [7, 11) is 0. The Balaban J connectivity index is 1.55. The molecule has 0 bridgehead atoms. The highest BCUT2D eigenvalue weighted by molar-refractivity contribution is 7.99. The van der Waals surface area contributed by atoms with Crippen LogP contribution in [0.5, 0.6) is 0 Å². The summed E-state index contributed by atoms with van der Waals surface area (Å²) in [5.74, 6) is 2.98. The van der Waals surface area contributed by atoms with Crippen LogP contribution in [0.15, 0.2) is 52.9 Å². The molecule has 0 atom stereocenters. The Kier molecular flexibility index (Phi) is 6.35. The average molecular weight is 486 g/mol. The van der Waals surface area contributed by atoms with Gasteiger partial charge in [0, 0.05) is 22.5 Å². The number of imidazole rings is 1. The molecule has 0 radical (unpaired) electrons. The minimum absolute atomic E-state index is 0.442. The predicted molar refractivity (Wildman–Crippen MR) is 135 cm³/mol. The topological polar surface area (TPSA) is 59.4 Å². The summed E-state index contributed by atoms with van der Waals surface area (Å²) in [6, 6.07) is 15.9. The Morgan fingerprint density at radius 3 is 2.09 bits per heavy atom. The molecule has 166 valence electrons. The molecule has 0 saturated heterocycles. The first-order valence-electron chi connectivity index (χ1n) is 11.0. The van der Waals surface area contributed by atoms with Crippen LogP contribution in [0.3, 0.4) is 0 Å². The summed E-state index contributed by atoms with van der Waals surface area (Å²) < 4.78 is 8.97. The molecule has 5 rings (SSSR count). The lowest BCUT2D eigenvalue weighted by Gasteiger charge is -2.24. The summed E-state index contributed by atoms with van der Waals surface area (Å²) in [6.07, 6.45) is 6.12. The van der Waals surface area contributed by atoms with Crippen molar-refractivity contribution in [1.82, 2.24) is 9.55 Å². The van der Waals surface area contributed by atoms with Gasteiger partial charge in [0.2, 0.25) is 0 Å². The number of hydrogen-bond acceptors (Lipinski definition) is 5. The second-order valence-corrected chi connectivity index (χ2v) is 10.1. The number of anilines is 1. The molecule has 3 aromatic rings. The number of fused-ring (bicyclic) bond motifs is 1. The lowest BCUT2D eigenvalue weighted by atomic mass is 9.88. The molecule has 1 saturated carbocycles. The number of halogens is 2. The highest BCUT2D eigenvalue weighted by atomic mass is 35.5. The van der Waals surface area contributed by atoms with Crippen molar-refractivity contribution in [1.29, 1.82) is 0 Å². The molecular formula is C24H25Cl2N5S. The van der Waals surface area contributed by atoms with Crippen molar-refractivity contribution in [3.05, 3.63) is 81.2 Å². The summed E-state index contributed by atoms with van der Waals surface area (Å²) in [5.41, 5.74) is 9.67. The fourth-order valence-corrected chi connectivity index (χ4v) is 5.46. The van der Waals surface area contributed by atoms with Gasteiger partial charge in [0.25, 0.3) is 0 Å². The largest absolute Gasteiger partial charge is 0.381 e. The molecule has 0 spiro atoms. The fraction of sp³-hybridized carbons (Fsp3) is 0.333. The molecule has 0 unspecified atom stereocenters. The van der Waals surface area contributed by atoms with Gasteiger partial charge >= 0.3 is 0 Å². The maximum atomic E-state index is 6.45. The zero-order valence-electron chi connectivity index (χ0n) is 17.7. The first-order chi connectivity index (χ1) is 15.6. The van der Waals surface area contributed by atoms with Gasteiger partial charge in [0.1, 0.15) is 11.5 Å². The van der Waals surface area contributed by atoms with E-state index < -0.39 is 0 Å². The third kappa shape index (κ3) is 4.49. The molecule has 0 amide bonds. The summed E-state index contributed by atoms with van der Waals surface area (Å²) in [5, 5.41) is 1.47. The molecule has 32 heavy (non-hydrogen) atoms. The van der Waals surface area contributed by atoms with Crippen LogP contribution in [0.2, 0.25) is 10.0 Å². The smallest absolute Gasteiger partial charge is 0.170 e. The van der Waals surface area contributed by atoms with Gasteiger partial charge in [-0.25, -0.2) is 4.98 Å². The standard InChI is InChI=1S/C24H25Cl2N5S/c25-19-10-6-16(7-11-19)14-30-21-22(27)29-32-31(15-17-8-12-20(26)13-9-17)24(21)28-23(30)18-4-2-1-3-5-18/h6-13,18H,1-5,14-15H2,(H2,27,29). The highest BCUT2D eigenvalue weighted by Gasteiger charge is 2.32. The van der Waals surface area contributed by atoms with Crippen LogP contribution in [0.4, 0.5) is 5.82 Å². The molecule has 2 aliphatic rings. The number of nitrogens with zero attached hydrogens (tertiary/aromatic N) is 4. The van der Waals surface area contributed by atoms with E-state index in [-0.39, 0.29) is 0 Å². The van der Waals surface area contributed by atoms with Gasteiger partial charge in [0.05, 0.1) is 18.7 Å². The van der Waals surface area contributed by atoms with Crippen LogP contribution in [-0.2, 0) is 13.1 Å². The van der Waals surface area contributed by atoms with Crippen LogP contribution in [0.25, 0.3) is 0 Å². The summed E-state index contributed by atoms with van der Waals surface area (Å²) in [6.45, 7) is 1.37. The number of rotatable bonds is 5. The highest BCUT2D eigenvalue weighted by Crippen LogP contribution is 2.39. The number of aromatic nitrogens is 2. The van der Waals surface area contributed by atoms with Crippen molar-refractivity contribution >= 4 is 47.0 Å². The Morgan fingerprint density at radius 1 is 0.875 bits per heavy atom. The minimum Gasteiger partial charge on any atom is -0.381 e. The minimum atomic E-state index is 0.442. The molecule has 1 aromatic heterocycles. The van der Waals surface area contributed by atoms with E-state index in [9.17, 15) is 0 Å².